The number of hydrogen-bond donors (Lipinski definition) is 1. The molecule has 0 aliphatic rings. The van der Waals surface area contributed by atoms with Crippen molar-refractivity contribution in [3.05, 3.63) is 33.6 Å². The summed E-state index contributed by atoms with van der Waals surface area (Å²) in [6.07, 6.45) is 0.662. The number of aliphatic hydroxyl groups excluding tert-OH is 1. The van der Waals surface area contributed by atoms with Crippen LogP contribution < -0.4 is 0 Å². The van der Waals surface area contributed by atoms with Gasteiger partial charge in [-0.3, -0.25) is 0 Å². The van der Waals surface area contributed by atoms with Crippen molar-refractivity contribution in [2.24, 2.45) is 0 Å². The fourth-order valence-electron chi connectivity index (χ4n) is 0.625. The predicted molar refractivity (Wildman–Crippen MR) is 49.3 cm³/mol. The minimum atomic E-state index is -0.738. The van der Waals surface area contributed by atoms with Crippen LogP contribution in [0.15, 0.2) is 32.3 Å². The molecule has 11 heavy (non-hydrogen) atoms. The molecule has 60 valence electrons. The second-order valence-electron chi connectivity index (χ2n) is 1.95. The molecule has 0 aliphatic heterocycles. The zero-order valence-electron chi connectivity index (χ0n) is 5.55. The largest absolute Gasteiger partial charge is 0.450 e. The summed E-state index contributed by atoms with van der Waals surface area (Å²) in [4.78, 5) is 0. The fourth-order valence-corrected chi connectivity index (χ4v) is 1.23. The van der Waals surface area contributed by atoms with Crippen molar-refractivity contribution in [3.8, 4) is 0 Å². The van der Waals surface area contributed by atoms with Gasteiger partial charge in [-0.25, -0.2) is 0 Å². The normalized spacial score (nSPS) is 13.0. The Labute approximate surface area is 81.2 Å². The molecule has 1 aromatic rings. The molecule has 0 radical (unpaired) electrons. The van der Waals surface area contributed by atoms with Crippen LogP contribution in [0.4, 0.5) is 0 Å². The standard InChI is InChI=1S/C7H6Br2O2/c1-2-5(10)6-3-4(8)7(9)11-6/h2-3,5,10H,1H2. The van der Waals surface area contributed by atoms with Crippen molar-refractivity contribution in [1.82, 2.24) is 0 Å². The predicted octanol–water partition coefficient (Wildman–Crippen LogP) is 3.02. The van der Waals surface area contributed by atoms with E-state index >= 15 is 0 Å². The summed E-state index contributed by atoms with van der Waals surface area (Å²) in [5, 5.41) is 9.21. The van der Waals surface area contributed by atoms with Crippen LogP contribution in [0.1, 0.15) is 11.9 Å². The van der Waals surface area contributed by atoms with Crippen LogP contribution in [0, 0.1) is 0 Å². The van der Waals surface area contributed by atoms with Crippen LogP contribution in [-0.2, 0) is 0 Å². The smallest absolute Gasteiger partial charge is 0.183 e. The Balaban J connectivity index is 2.96. The maximum Gasteiger partial charge on any atom is 0.183 e. The van der Waals surface area contributed by atoms with E-state index in [2.05, 4.69) is 38.4 Å². The molecule has 1 N–H and O–H groups in total. The first-order valence-corrected chi connectivity index (χ1v) is 4.49. The summed E-state index contributed by atoms with van der Waals surface area (Å²) in [5.74, 6) is 0.471. The van der Waals surface area contributed by atoms with Crippen LogP contribution in [-0.4, -0.2) is 5.11 Å². The fraction of sp³-hybridized carbons (Fsp3) is 0.143. The Morgan fingerprint density at radius 2 is 2.27 bits per heavy atom. The van der Waals surface area contributed by atoms with Gasteiger partial charge in [-0.1, -0.05) is 6.08 Å². The third-order valence-corrected chi connectivity index (χ3v) is 2.89. The van der Waals surface area contributed by atoms with Crippen LogP contribution in [0.3, 0.4) is 0 Å². The van der Waals surface area contributed by atoms with Crippen molar-refractivity contribution >= 4 is 31.9 Å². The van der Waals surface area contributed by atoms with E-state index < -0.39 is 6.10 Å². The maximum atomic E-state index is 9.21. The van der Waals surface area contributed by atoms with E-state index in [1.165, 1.54) is 6.08 Å². The molecule has 0 aromatic carbocycles. The number of aliphatic hydroxyl groups is 1. The van der Waals surface area contributed by atoms with Crippen molar-refractivity contribution in [2.75, 3.05) is 0 Å². The van der Waals surface area contributed by atoms with Gasteiger partial charge < -0.3 is 9.52 Å². The summed E-state index contributed by atoms with van der Waals surface area (Å²) in [5.41, 5.74) is 0. The molecule has 1 heterocycles. The molecule has 0 bridgehead atoms. The maximum absolute atomic E-state index is 9.21. The van der Waals surface area contributed by atoms with Gasteiger partial charge in [0.2, 0.25) is 0 Å². The lowest BCUT2D eigenvalue weighted by atomic mass is 10.3. The van der Waals surface area contributed by atoms with Gasteiger partial charge in [0.25, 0.3) is 0 Å². The van der Waals surface area contributed by atoms with Crippen LogP contribution in [0.5, 0.6) is 0 Å². The van der Waals surface area contributed by atoms with Crippen LogP contribution >= 0.6 is 31.9 Å². The van der Waals surface area contributed by atoms with Crippen LogP contribution in [0.2, 0.25) is 0 Å². The average molecular weight is 282 g/mol. The molecule has 0 fully saturated rings. The van der Waals surface area contributed by atoms with E-state index in [1.807, 2.05) is 0 Å². The topological polar surface area (TPSA) is 33.4 Å². The molecule has 1 unspecified atom stereocenters. The Morgan fingerprint density at radius 3 is 2.64 bits per heavy atom. The Kier molecular flexibility index (Phi) is 2.92. The lowest BCUT2D eigenvalue weighted by molar-refractivity contribution is 0.195. The summed E-state index contributed by atoms with van der Waals surface area (Å²) < 4.78 is 6.48. The third kappa shape index (κ3) is 1.95. The molecule has 4 heteroatoms. The van der Waals surface area contributed by atoms with Gasteiger partial charge in [-0.15, -0.1) is 6.58 Å². The van der Waals surface area contributed by atoms with E-state index in [9.17, 15) is 5.11 Å². The Bertz CT molecular complexity index is 248. The lowest BCUT2D eigenvalue weighted by Crippen LogP contribution is -1.87. The van der Waals surface area contributed by atoms with E-state index in [0.29, 0.717) is 10.4 Å². The van der Waals surface area contributed by atoms with Crippen molar-refractivity contribution < 1.29 is 9.52 Å². The van der Waals surface area contributed by atoms with Crippen LogP contribution in [0.25, 0.3) is 0 Å². The van der Waals surface area contributed by atoms with E-state index in [1.54, 1.807) is 6.07 Å². The highest BCUT2D eigenvalue weighted by molar-refractivity contribution is 9.13. The Morgan fingerprint density at radius 1 is 1.64 bits per heavy atom. The van der Waals surface area contributed by atoms with Gasteiger partial charge >= 0.3 is 0 Å². The highest BCUT2D eigenvalue weighted by atomic mass is 79.9. The molecule has 2 nitrogen and oxygen atoms in total. The van der Waals surface area contributed by atoms with Crippen molar-refractivity contribution in [2.45, 2.75) is 6.10 Å². The second kappa shape index (κ2) is 3.56. The zero-order chi connectivity index (χ0) is 8.43. The highest BCUT2D eigenvalue weighted by Gasteiger charge is 2.10. The molecule has 0 amide bonds. The monoisotopic (exact) mass is 280 g/mol. The van der Waals surface area contributed by atoms with Crippen molar-refractivity contribution in [3.63, 3.8) is 0 Å². The third-order valence-electron chi connectivity index (χ3n) is 1.18. The summed E-state index contributed by atoms with van der Waals surface area (Å²) in [6.45, 7) is 3.44. The number of hydrogen-bond acceptors (Lipinski definition) is 2. The van der Waals surface area contributed by atoms with Gasteiger partial charge in [0.15, 0.2) is 4.67 Å². The highest BCUT2D eigenvalue weighted by Crippen LogP contribution is 2.29. The van der Waals surface area contributed by atoms with Gasteiger partial charge in [0.05, 0.1) is 4.47 Å². The SMILES string of the molecule is C=CC(O)c1cc(Br)c(Br)o1. The van der Waals surface area contributed by atoms with Crippen molar-refractivity contribution in [1.29, 1.82) is 0 Å². The van der Waals surface area contributed by atoms with E-state index in [-0.39, 0.29) is 0 Å². The molecule has 0 saturated heterocycles. The van der Waals surface area contributed by atoms with Gasteiger partial charge in [0, 0.05) is 0 Å². The van der Waals surface area contributed by atoms with Gasteiger partial charge in [0.1, 0.15) is 11.9 Å². The zero-order valence-corrected chi connectivity index (χ0v) is 8.72. The Hall–Kier alpha value is -0.0600. The number of rotatable bonds is 2. The average Bonchev–Trinajstić information content (AvgIpc) is 2.31. The molecular weight excluding hydrogens is 276 g/mol. The minimum Gasteiger partial charge on any atom is -0.450 e. The molecular formula is C7H6Br2O2. The molecule has 1 atom stereocenters. The molecule has 0 aliphatic carbocycles. The summed E-state index contributed by atoms with van der Waals surface area (Å²) in [6, 6.07) is 1.69. The molecule has 0 saturated carbocycles. The molecule has 1 aromatic heterocycles. The second-order valence-corrected chi connectivity index (χ2v) is 3.53. The molecule has 1 rings (SSSR count). The first-order valence-electron chi connectivity index (χ1n) is 2.90. The molecule has 0 spiro atoms. The first kappa shape index (κ1) is 9.03. The number of furan rings is 1. The minimum absolute atomic E-state index is 0.471. The van der Waals surface area contributed by atoms with E-state index in [4.69, 9.17) is 4.42 Å². The van der Waals surface area contributed by atoms with Gasteiger partial charge in [-0.2, -0.15) is 0 Å². The summed E-state index contributed by atoms with van der Waals surface area (Å²) >= 11 is 6.38. The van der Waals surface area contributed by atoms with E-state index in [0.717, 1.165) is 4.47 Å². The first-order chi connectivity index (χ1) is 5.15. The quantitative estimate of drug-likeness (QED) is 0.846. The number of halogens is 2. The van der Waals surface area contributed by atoms with Gasteiger partial charge in [-0.05, 0) is 37.9 Å². The lowest BCUT2D eigenvalue weighted by Gasteiger charge is -1.97. The summed E-state index contributed by atoms with van der Waals surface area (Å²) in [7, 11) is 0.